The lowest BCUT2D eigenvalue weighted by molar-refractivity contribution is 0.0827. The van der Waals surface area contributed by atoms with E-state index in [4.69, 9.17) is 0 Å². The molecule has 112 valence electrons. The predicted molar refractivity (Wildman–Crippen MR) is 79.7 cm³/mol. The number of carbonyl (C=O) groups is 1. The normalized spacial score (nSPS) is 12.1. The van der Waals surface area contributed by atoms with E-state index >= 15 is 0 Å². The number of nitrogens with zero attached hydrogens (tertiary/aromatic N) is 2. The van der Waals surface area contributed by atoms with E-state index in [9.17, 15) is 13.2 Å². The first-order chi connectivity index (χ1) is 9.04. The van der Waals surface area contributed by atoms with Crippen molar-refractivity contribution in [3.63, 3.8) is 0 Å². The van der Waals surface area contributed by atoms with Crippen LogP contribution in [-0.4, -0.2) is 55.9 Å². The monoisotopic (exact) mass is 299 g/mol. The Bertz CT molecular complexity index is 577. The molecule has 1 N–H and O–H groups in total. The molecule has 0 spiro atoms. The van der Waals surface area contributed by atoms with Crippen molar-refractivity contribution in [3.05, 3.63) is 23.9 Å². The van der Waals surface area contributed by atoms with Gasteiger partial charge in [-0.15, -0.1) is 0 Å². The van der Waals surface area contributed by atoms with Crippen LogP contribution in [0.3, 0.4) is 0 Å². The minimum atomic E-state index is -3.16. The van der Waals surface area contributed by atoms with E-state index in [2.05, 4.69) is 10.3 Å². The molecule has 0 saturated heterocycles. The molecule has 1 amide bonds. The maximum Gasteiger partial charge on any atom is 0.254 e. The fourth-order valence-electron chi connectivity index (χ4n) is 1.32. The summed E-state index contributed by atoms with van der Waals surface area (Å²) >= 11 is 0. The van der Waals surface area contributed by atoms with Crippen LogP contribution in [-0.2, 0) is 9.84 Å². The molecule has 0 aliphatic carbocycles. The molecule has 1 rings (SSSR count). The molecule has 0 aliphatic rings. The van der Waals surface area contributed by atoms with Crippen LogP contribution < -0.4 is 5.32 Å². The van der Waals surface area contributed by atoms with Gasteiger partial charge in [0.25, 0.3) is 5.91 Å². The number of hydrogen-bond acceptors (Lipinski definition) is 5. The molecule has 0 bridgehead atoms. The molecule has 0 radical (unpaired) electrons. The maximum absolute atomic E-state index is 11.7. The Morgan fingerprint density at radius 2 is 1.95 bits per heavy atom. The molecular formula is C13H21N3O3S. The van der Waals surface area contributed by atoms with E-state index < -0.39 is 14.6 Å². The van der Waals surface area contributed by atoms with Gasteiger partial charge in [-0.1, -0.05) is 0 Å². The highest BCUT2D eigenvalue weighted by atomic mass is 32.2. The zero-order chi connectivity index (χ0) is 15.6. The predicted octanol–water partition coefficient (Wildman–Crippen LogP) is 1.02. The quantitative estimate of drug-likeness (QED) is 0.878. The third kappa shape index (κ3) is 3.93. The van der Waals surface area contributed by atoms with E-state index in [1.54, 1.807) is 40.1 Å². The second-order valence-electron chi connectivity index (χ2n) is 5.52. The summed E-state index contributed by atoms with van der Waals surface area (Å²) in [4.78, 5) is 17.3. The summed E-state index contributed by atoms with van der Waals surface area (Å²) < 4.78 is 22.3. The summed E-state index contributed by atoms with van der Waals surface area (Å²) in [7, 11) is 0.183. The van der Waals surface area contributed by atoms with Crippen LogP contribution in [0.1, 0.15) is 24.2 Å². The largest absolute Gasteiger partial charge is 0.369 e. The van der Waals surface area contributed by atoms with Crippen LogP contribution in [0, 0.1) is 0 Å². The van der Waals surface area contributed by atoms with Gasteiger partial charge in [-0.05, 0) is 26.0 Å². The summed E-state index contributed by atoms with van der Waals surface area (Å²) in [5.74, 6) is 0.414. The van der Waals surface area contributed by atoms with E-state index in [1.165, 1.54) is 17.4 Å². The second kappa shape index (κ2) is 5.78. The Kier molecular flexibility index (Phi) is 4.75. The number of sulfone groups is 1. The van der Waals surface area contributed by atoms with Gasteiger partial charge < -0.3 is 10.2 Å². The highest BCUT2D eigenvalue weighted by Gasteiger charge is 2.29. The summed E-state index contributed by atoms with van der Waals surface area (Å²) in [6.45, 7) is 3.55. The van der Waals surface area contributed by atoms with Gasteiger partial charge in [0.15, 0.2) is 9.84 Å². The minimum Gasteiger partial charge on any atom is -0.369 e. The highest BCUT2D eigenvalue weighted by molar-refractivity contribution is 7.92. The average molecular weight is 299 g/mol. The molecule has 0 fully saturated rings. The summed E-state index contributed by atoms with van der Waals surface area (Å²) in [6.07, 6.45) is 2.68. The van der Waals surface area contributed by atoms with Crippen molar-refractivity contribution in [1.82, 2.24) is 9.88 Å². The Hall–Kier alpha value is -1.63. The molecule has 0 aliphatic heterocycles. The van der Waals surface area contributed by atoms with Gasteiger partial charge in [0.05, 0.1) is 10.3 Å². The molecular weight excluding hydrogens is 278 g/mol. The van der Waals surface area contributed by atoms with Gasteiger partial charge in [-0.2, -0.15) is 0 Å². The smallest absolute Gasteiger partial charge is 0.254 e. The molecule has 0 aromatic carbocycles. The molecule has 1 aromatic heterocycles. The fourth-order valence-corrected chi connectivity index (χ4v) is 1.65. The molecule has 20 heavy (non-hydrogen) atoms. The van der Waals surface area contributed by atoms with Crippen molar-refractivity contribution < 1.29 is 13.2 Å². The van der Waals surface area contributed by atoms with E-state index in [0.717, 1.165) is 0 Å². The van der Waals surface area contributed by atoms with Crippen molar-refractivity contribution >= 4 is 21.6 Å². The van der Waals surface area contributed by atoms with E-state index in [1.807, 2.05) is 0 Å². The van der Waals surface area contributed by atoms with Gasteiger partial charge in [-0.25, -0.2) is 13.4 Å². The van der Waals surface area contributed by atoms with Crippen LogP contribution in [0.4, 0.5) is 5.82 Å². The Morgan fingerprint density at radius 1 is 1.35 bits per heavy atom. The molecule has 7 heteroatoms. The number of hydrogen-bond donors (Lipinski definition) is 1. The number of carbonyl (C=O) groups excluding carboxylic acids is 1. The third-order valence-corrected chi connectivity index (χ3v) is 5.27. The topological polar surface area (TPSA) is 79.4 Å². The van der Waals surface area contributed by atoms with Crippen molar-refractivity contribution in [2.75, 3.05) is 32.2 Å². The molecule has 1 heterocycles. The number of amides is 1. The average Bonchev–Trinajstić information content (AvgIpc) is 2.34. The zero-order valence-electron chi connectivity index (χ0n) is 12.5. The van der Waals surface area contributed by atoms with Crippen LogP contribution in [0.15, 0.2) is 18.3 Å². The third-order valence-electron chi connectivity index (χ3n) is 3.12. The number of aromatic nitrogens is 1. The van der Waals surface area contributed by atoms with Crippen LogP contribution >= 0.6 is 0 Å². The highest BCUT2D eigenvalue weighted by Crippen LogP contribution is 2.16. The first-order valence-electron chi connectivity index (χ1n) is 6.16. The number of rotatable bonds is 5. The SMILES string of the molecule is CN(C)C(=O)c1ccc(NCC(C)(C)S(C)(=O)=O)nc1. The van der Waals surface area contributed by atoms with Crippen LogP contribution in [0.25, 0.3) is 0 Å². The van der Waals surface area contributed by atoms with Crippen molar-refractivity contribution in [2.24, 2.45) is 0 Å². The number of pyridine rings is 1. The first kappa shape index (κ1) is 16.4. The molecule has 0 atom stereocenters. The van der Waals surface area contributed by atoms with Gasteiger partial charge in [0, 0.05) is 33.1 Å². The maximum atomic E-state index is 11.7. The minimum absolute atomic E-state index is 0.125. The fraction of sp³-hybridized carbons (Fsp3) is 0.538. The van der Waals surface area contributed by atoms with Crippen molar-refractivity contribution in [3.8, 4) is 0 Å². The number of anilines is 1. The van der Waals surface area contributed by atoms with E-state index in [0.29, 0.717) is 11.4 Å². The Morgan fingerprint density at radius 3 is 2.35 bits per heavy atom. The zero-order valence-corrected chi connectivity index (χ0v) is 13.3. The molecule has 0 unspecified atom stereocenters. The van der Waals surface area contributed by atoms with Crippen LogP contribution in [0.5, 0.6) is 0 Å². The van der Waals surface area contributed by atoms with Gasteiger partial charge in [-0.3, -0.25) is 4.79 Å². The first-order valence-corrected chi connectivity index (χ1v) is 8.05. The lowest BCUT2D eigenvalue weighted by Crippen LogP contribution is -2.38. The van der Waals surface area contributed by atoms with Gasteiger partial charge in [0.1, 0.15) is 5.82 Å². The standard InChI is InChI=1S/C13H21N3O3S/c1-13(2,20(5,18)19)9-15-11-7-6-10(8-14-11)12(17)16(3)4/h6-8H,9H2,1-5H3,(H,14,15). The van der Waals surface area contributed by atoms with Crippen LogP contribution in [0.2, 0.25) is 0 Å². The number of nitrogens with one attached hydrogen (secondary N) is 1. The molecule has 0 saturated carbocycles. The molecule has 6 nitrogen and oxygen atoms in total. The second-order valence-corrected chi connectivity index (χ2v) is 8.17. The summed E-state index contributed by atoms with van der Waals surface area (Å²) in [5.41, 5.74) is 0.489. The van der Waals surface area contributed by atoms with E-state index in [-0.39, 0.29) is 12.5 Å². The Balaban J connectivity index is 2.75. The lowest BCUT2D eigenvalue weighted by atomic mass is 10.2. The van der Waals surface area contributed by atoms with Crippen molar-refractivity contribution in [2.45, 2.75) is 18.6 Å². The van der Waals surface area contributed by atoms with Gasteiger partial charge >= 0.3 is 0 Å². The summed E-state index contributed by atoms with van der Waals surface area (Å²) in [6, 6.07) is 3.32. The summed E-state index contributed by atoms with van der Waals surface area (Å²) in [5, 5.41) is 2.97. The van der Waals surface area contributed by atoms with Crippen molar-refractivity contribution in [1.29, 1.82) is 0 Å². The lowest BCUT2D eigenvalue weighted by Gasteiger charge is -2.23. The molecule has 1 aromatic rings. The Labute approximate surface area is 120 Å². The van der Waals surface area contributed by atoms with Gasteiger partial charge in [0.2, 0.25) is 0 Å².